The fourth-order valence-corrected chi connectivity index (χ4v) is 4.55. The molecule has 1 aliphatic rings. The number of nitro groups is 1. The van der Waals surface area contributed by atoms with E-state index in [0.29, 0.717) is 16.1 Å². The summed E-state index contributed by atoms with van der Waals surface area (Å²) in [5.74, 6) is -0.161. The Labute approximate surface area is 186 Å². The second-order valence-corrected chi connectivity index (χ2v) is 8.67. The molecule has 2 N–H and O–H groups in total. The number of carbonyl (C=O) groups is 2. The summed E-state index contributed by atoms with van der Waals surface area (Å²) < 4.78 is 0. The van der Waals surface area contributed by atoms with E-state index in [1.807, 2.05) is 6.07 Å². The number of benzene rings is 2. The quantitative estimate of drug-likeness (QED) is 0.351. The van der Waals surface area contributed by atoms with E-state index in [-0.39, 0.29) is 29.3 Å². The molecule has 1 aliphatic carbocycles. The Morgan fingerprint density at radius 3 is 2.45 bits per heavy atom. The fraction of sp³-hybridized carbons (Fsp3) is 0.391. The molecule has 0 radical (unpaired) electrons. The maximum absolute atomic E-state index is 12.8. The van der Waals surface area contributed by atoms with Gasteiger partial charge in [0.1, 0.15) is 0 Å². The summed E-state index contributed by atoms with van der Waals surface area (Å²) in [6.07, 6.45) is 8.10. The number of anilines is 1. The minimum atomic E-state index is -0.506. The van der Waals surface area contributed by atoms with Crippen LogP contribution in [0, 0.1) is 10.1 Å². The molecule has 0 saturated heterocycles. The molecule has 0 unspecified atom stereocenters. The zero-order valence-corrected chi connectivity index (χ0v) is 18.2. The Bertz CT molecular complexity index is 927. The number of thioether (sulfide) groups is 1. The summed E-state index contributed by atoms with van der Waals surface area (Å²) >= 11 is 1.32. The minimum Gasteiger partial charge on any atom is -0.353 e. The van der Waals surface area contributed by atoms with Crippen molar-refractivity contribution in [2.45, 2.75) is 55.9 Å². The van der Waals surface area contributed by atoms with E-state index in [1.54, 1.807) is 24.3 Å². The Morgan fingerprint density at radius 1 is 1.00 bits per heavy atom. The summed E-state index contributed by atoms with van der Waals surface area (Å²) in [6.45, 7) is 0. The fourth-order valence-electron chi connectivity index (χ4n) is 3.69. The lowest BCUT2D eigenvalue weighted by molar-refractivity contribution is -0.384. The second-order valence-electron chi connectivity index (χ2n) is 7.66. The second kappa shape index (κ2) is 11.5. The standard InChI is InChI=1S/C23H27N3O4S/c27-22(24-17-9-4-2-1-3-5-10-17)16-31-21-14-7-6-13-20(21)23(28)25-18-11-8-12-19(15-18)26(29)30/h6-8,11-15,17H,1-5,9-10,16H2,(H,24,27)(H,25,28). The largest absolute Gasteiger partial charge is 0.353 e. The first-order valence-electron chi connectivity index (χ1n) is 10.6. The van der Waals surface area contributed by atoms with Crippen molar-refractivity contribution in [3.8, 4) is 0 Å². The molecule has 0 aliphatic heterocycles. The van der Waals surface area contributed by atoms with Gasteiger partial charge in [0.2, 0.25) is 5.91 Å². The molecule has 2 amide bonds. The summed E-state index contributed by atoms with van der Waals surface area (Å²) in [5, 5.41) is 16.8. The third kappa shape index (κ3) is 7.10. The molecular formula is C23H27N3O4S. The molecular weight excluding hydrogens is 414 g/mol. The number of nitrogens with one attached hydrogen (secondary N) is 2. The van der Waals surface area contributed by atoms with Crippen LogP contribution < -0.4 is 10.6 Å². The summed E-state index contributed by atoms with van der Waals surface area (Å²) in [4.78, 5) is 36.3. The Balaban J connectivity index is 1.59. The van der Waals surface area contributed by atoms with Crippen molar-refractivity contribution in [1.82, 2.24) is 5.32 Å². The van der Waals surface area contributed by atoms with Crippen molar-refractivity contribution in [1.29, 1.82) is 0 Å². The lowest BCUT2D eigenvalue weighted by Crippen LogP contribution is -2.36. The van der Waals surface area contributed by atoms with Crippen LogP contribution in [0.15, 0.2) is 53.4 Å². The number of nitro benzene ring substituents is 1. The highest BCUT2D eigenvalue weighted by molar-refractivity contribution is 8.00. The number of amides is 2. The van der Waals surface area contributed by atoms with Crippen molar-refractivity contribution >= 4 is 35.0 Å². The lowest BCUT2D eigenvalue weighted by atomic mass is 9.97. The maximum atomic E-state index is 12.8. The van der Waals surface area contributed by atoms with Gasteiger partial charge in [-0.15, -0.1) is 11.8 Å². The van der Waals surface area contributed by atoms with Crippen molar-refractivity contribution in [2.75, 3.05) is 11.1 Å². The summed E-state index contributed by atoms with van der Waals surface area (Å²) in [7, 11) is 0. The number of nitrogens with zero attached hydrogens (tertiary/aromatic N) is 1. The predicted molar refractivity (Wildman–Crippen MR) is 122 cm³/mol. The normalized spacial score (nSPS) is 14.8. The van der Waals surface area contributed by atoms with Crippen LogP contribution in [0.3, 0.4) is 0 Å². The number of hydrogen-bond acceptors (Lipinski definition) is 5. The highest BCUT2D eigenvalue weighted by Crippen LogP contribution is 2.25. The SMILES string of the molecule is O=C(CSc1ccccc1C(=O)Nc1cccc([N+](=O)[O-])c1)NC1CCCCCCC1. The van der Waals surface area contributed by atoms with Crippen LogP contribution in [0.4, 0.5) is 11.4 Å². The predicted octanol–water partition coefficient (Wildman–Crippen LogP) is 5.17. The molecule has 8 heteroatoms. The van der Waals surface area contributed by atoms with E-state index < -0.39 is 4.92 Å². The van der Waals surface area contributed by atoms with Gasteiger partial charge >= 0.3 is 0 Å². The van der Waals surface area contributed by atoms with Crippen LogP contribution in [-0.2, 0) is 4.79 Å². The molecule has 1 fully saturated rings. The van der Waals surface area contributed by atoms with Gasteiger partial charge in [0.05, 0.1) is 16.2 Å². The van der Waals surface area contributed by atoms with Crippen molar-refractivity contribution < 1.29 is 14.5 Å². The van der Waals surface area contributed by atoms with E-state index in [1.165, 1.54) is 49.2 Å². The Hall–Kier alpha value is -2.87. The monoisotopic (exact) mass is 441 g/mol. The number of hydrogen-bond donors (Lipinski definition) is 2. The summed E-state index contributed by atoms with van der Waals surface area (Å²) in [5.41, 5.74) is 0.685. The molecule has 7 nitrogen and oxygen atoms in total. The van der Waals surface area contributed by atoms with E-state index >= 15 is 0 Å². The molecule has 2 aromatic carbocycles. The highest BCUT2D eigenvalue weighted by atomic mass is 32.2. The zero-order chi connectivity index (χ0) is 22.1. The van der Waals surface area contributed by atoms with Gasteiger partial charge in [0.15, 0.2) is 0 Å². The topological polar surface area (TPSA) is 101 Å². The first-order chi connectivity index (χ1) is 15.0. The smallest absolute Gasteiger partial charge is 0.271 e. The summed E-state index contributed by atoms with van der Waals surface area (Å²) in [6, 6.07) is 13.1. The van der Waals surface area contributed by atoms with Crippen LogP contribution in [0.1, 0.15) is 55.3 Å². The van der Waals surface area contributed by atoms with Crippen LogP contribution in [0.2, 0.25) is 0 Å². The van der Waals surface area contributed by atoms with E-state index in [9.17, 15) is 19.7 Å². The van der Waals surface area contributed by atoms with Crippen molar-refractivity contribution in [2.24, 2.45) is 0 Å². The molecule has 164 valence electrons. The van der Waals surface area contributed by atoms with E-state index in [0.717, 1.165) is 25.7 Å². The van der Waals surface area contributed by atoms with Crippen molar-refractivity contribution in [3.05, 3.63) is 64.2 Å². The Morgan fingerprint density at radius 2 is 1.71 bits per heavy atom. The van der Waals surface area contributed by atoms with Crippen molar-refractivity contribution in [3.63, 3.8) is 0 Å². The van der Waals surface area contributed by atoms with Gasteiger partial charge in [0, 0.05) is 28.8 Å². The third-order valence-corrected chi connectivity index (χ3v) is 6.35. The lowest BCUT2D eigenvalue weighted by Gasteiger charge is -2.21. The average Bonchev–Trinajstić information content (AvgIpc) is 2.74. The van der Waals surface area contributed by atoms with Gasteiger partial charge < -0.3 is 10.6 Å². The van der Waals surface area contributed by atoms with Gasteiger partial charge in [-0.05, 0) is 31.0 Å². The van der Waals surface area contributed by atoms with Gasteiger partial charge in [-0.2, -0.15) is 0 Å². The molecule has 0 bridgehead atoms. The number of carbonyl (C=O) groups excluding carboxylic acids is 2. The maximum Gasteiger partial charge on any atom is 0.271 e. The van der Waals surface area contributed by atoms with Crippen LogP contribution in [-0.4, -0.2) is 28.5 Å². The van der Waals surface area contributed by atoms with Gasteiger partial charge in [-0.1, -0.05) is 50.3 Å². The molecule has 3 rings (SSSR count). The first-order valence-corrected chi connectivity index (χ1v) is 11.6. The highest BCUT2D eigenvalue weighted by Gasteiger charge is 2.17. The van der Waals surface area contributed by atoms with Gasteiger partial charge in [-0.25, -0.2) is 0 Å². The Kier molecular flexibility index (Phi) is 8.46. The molecule has 0 atom stereocenters. The molecule has 2 aromatic rings. The third-order valence-electron chi connectivity index (χ3n) is 5.28. The molecule has 0 spiro atoms. The molecule has 0 aromatic heterocycles. The average molecular weight is 442 g/mol. The van der Waals surface area contributed by atoms with Gasteiger partial charge in [0.25, 0.3) is 11.6 Å². The minimum absolute atomic E-state index is 0.0236. The number of rotatable bonds is 7. The van der Waals surface area contributed by atoms with Crippen LogP contribution in [0.5, 0.6) is 0 Å². The van der Waals surface area contributed by atoms with Crippen LogP contribution >= 0.6 is 11.8 Å². The van der Waals surface area contributed by atoms with Gasteiger partial charge in [-0.3, -0.25) is 19.7 Å². The first kappa shape index (κ1) is 22.8. The van der Waals surface area contributed by atoms with E-state index in [2.05, 4.69) is 10.6 Å². The van der Waals surface area contributed by atoms with Crippen LogP contribution in [0.25, 0.3) is 0 Å². The molecule has 1 saturated carbocycles. The van der Waals surface area contributed by atoms with E-state index in [4.69, 9.17) is 0 Å². The molecule has 0 heterocycles. The number of non-ortho nitro benzene ring substituents is 1. The molecule has 31 heavy (non-hydrogen) atoms. The zero-order valence-electron chi connectivity index (χ0n) is 17.3.